The molecule has 192 valence electrons. The van der Waals surface area contributed by atoms with Crippen molar-refractivity contribution in [1.29, 1.82) is 0 Å². The van der Waals surface area contributed by atoms with Crippen molar-refractivity contribution in [1.82, 2.24) is 14.1 Å². The minimum absolute atomic E-state index is 0.0823. The number of carboxylic acids is 1. The first kappa shape index (κ1) is 25.7. The van der Waals surface area contributed by atoms with Crippen LogP contribution >= 0.6 is 0 Å². The zero-order valence-corrected chi connectivity index (χ0v) is 21.1. The smallest absolute Gasteiger partial charge is 0.409 e. The van der Waals surface area contributed by atoms with Gasteiger partial charge in [-0.2, -0.15) is 4.31 Å². The van der Waals surface area contributed by atoms with E-state index in [9.17, 15) is 23.1 Å². The molecule has 35 heavy (non-hydrogen) atoms. The van der Waals surface area contributed by atoms with Gasteiger partial charge in [0.05, 0.1) is 11.2 Å². The highest BCUT2D eigenvalue weighted by molar-refractivity contribution is 7.89. The average molecular weight is 506 g/mol. The van der Waals surface area contributed by atoms with Gasteiger partial charge in [-0.15, -0.1) is 0 Å². The molecule has 1 aromatic carbocycles. The number of benzene rings is 1. The summed E-state index contributed by atoms with van der Waals surface area (Å²) in [5.41, 5.74) is 0.760. The van der Waals surface area contributed by atoms with E-state index >= 15 is 0 Å². The molecule has 1 atom stereocenters. The maximum absolute atomic E-state index is 13.2. The maximum atomic E-state index is 13.2. The molecule has 3 aliphatic heterocycles. The molecule has 0 spiro atoms. The van der Waals surface area contributed by atoms with Gasteiger partial charge in [-0.3, -0.25) is 4.79 Å². The summed E-state index contributed by atoms with van der Waals surface area (Å²) in [5, 5.41) is 10.0. The maximum Gasteiger partial charge on any atom is 0.409 e. The van der Waals surface area contributed by atoms with E-state index in [4.69, 9.17) is 4.74 Å². The molecule has 0 aliphatic carbocycles. The highest BCUT2D eigenvalue weighted by Crippen LogP contribution is 2.35. The standard InChI is InChI=1S/C25H35N3O6S/c1-26-13-5-8-22(26)18-34-24(31)27-16-11-25(12-17-27,23(29)30)19-35(32,33)28-14-9-21(10-15-28)20-6-3-2-4-7-20/h2-4,6-7,9,22H,5,8,10-19H2,1H3,(H,29,30). The molecule has 0 aromatic heterocycles. The number of sulfonamides is 1. The van der Waals surface area contributed by atoms with Crippen molar-refractivity contribution in [3.63, 3.8) is 0 Å². The predicted octanol–water partition coefficient (Wildman–Crippen LogP) is 2.50. The second kappa shape index (κ2) is 10.7. The normalized spacial score (nSPS) is 23.6. The topological polar surface area (TPSA) is 107 Å². The molecule has 0 saturated carbocycles. The van der Waals surface area contributed by atoms with Crippen molar-refractivity contribution >= 4 is 27.7 Å². The van der Waals surface area contributed by atoms with Crippen LogP contribution in [0.3, 0.4) is 0 Å². The highest BCUT2D eigenvalue weighted by Gasteiger charge is 2.47. The lowest BCUT2D eigenvalue weighted by molar-refractivity contribution is -0.150. The van der Waals surface area contributed by atoms with E-state index in [2.05, 4.69) is 4.90 Å². The number of carbonyl (C=O) groups is 2. The lowest BCUT2D eigenvalue weighted by atomic mass is 9.80. The first-order valence-electron chi connectivity index (χ1n) is 12.3. The van der Waals surface area contributed by atoms with Crippen LogP contribution in [0.2, 0.25) is 0 Å². The molecule has 3 heterocycles. The number of carbonyl (C=O) groups excluding carboxylic acids is 1. The van der Waals surface area contributed by atoms with Gasteiger partial charge in [-0.25, -0.2) is 13.2 Å². The second-order valence-electron chi connectivity index (χ2n) is 9.89. The lowest BCUT2D eigenvalue weighted by Crippen LogP contribution is -2.52. The van der Waals surface area contributed by atoms with Crippen LogP contribution in [0, 0.1) is 5.41 Å². The fourth-order valence-corrected chi connectivity index (χ4v) is 7.21. The van der Waals surface area contributed by atoms with Crippen molar-refractivity contribution < 1.29 is 27.9 Å². The third-order valence-corrected chi connectivity index (χ3v) is 9.71. The van der Waals surface area contributed by atoms with Gasteiger partial charge < -0.3 is 19.6 Å². The number of likely N-dealkylation sites (N-methyl/N-ethyl adjacent to an activating group) is 1. The summed E-state index contributed by atoms with van der Waals surface area (Å²) in [7, 11) is -1.78. The Morgan fingerprint density at radius 1 is 1.11 bits per heavy atom. The molecule has 4 rings (SSSR count). The van der Waals surface area contributed by atoms with Crippen LogP contribution in [0.5, 0.6) is 0 Å². The summed E-state index contributed by atoms with van der Waals surface area (Å²) < 4.78 is 33.3. The molecule has 10 heteroatoms. The molecule has 1 aromatic rings. The number of piperidine rings is 1. The summed E-state index contributed by atoms with van der Waals surface area (Å²) >= 11 is 0. The molecule has 1 N–H and O–H groups in total. The van der Waals surface area contributed by atoms with Crippen LogP contribution in [0.4, 0.5) is 4.79 Å². The summed E-state index contributed by atoms with van der Waals surface area (Å²) in [5.74, 6) is -1.58. The molecule has 0 radical (unpaired) electrons. The number of hydrogen-bond donors (Lipinski definition) is 1. The zero-order chi connectivity index (χ0) is 25.1. The van der Waals surface area contributed by atoms with Crippen LogP contribution in [-0.4, -0.2) is 97.9 Å². The van der Waals surface area contributed by atoms with E-state index in [-0.39, 0.29) is 38.5 Å². The molecular formula is C25H35N3O6S. The largest absolute Gasteiger partial charge is 0.481 e. The van der Waals surface area contributed by atoms with E-state index in [0.717, 1.165) is 30.5 Å². The van der Waals surface area contributed by atoms with Gasteiger partial charge in [0.25, 0.3) is 0 Å². The Morgan fingerprint density at radius 3 is 2.40 bits per heavy atom. The minimum Gasteiger partial charge on any atom is -0.481 e. The number of nitrogens with zero attached hydrogens (tertiary/aromatic N) is 3. The molecule has 3 aliphatic rings. The SMILES string of the molecule is CN1CCCC1COC(=O)N1CCC(CS(=O)(=O)N2CC=C(c3ccccc3)CC2)(C(=O)O)CC1. The Morgan fingerprint density at radius 2 is 1.83 bits per heavy atom. The molecular weight excluding hydrogens is 470 g/mol. The number of rotatable bonds is 7. The fourth-order valence-electron chi connectivity index (χ4n) is 5.24. The molecule has 2 saturated heterocycles. The molecule has 9 nitrogen and oxygen atoms in total. The summed E-state index contributed by atoms with van der Waals surface area (Å²) in [6, 6.07) is 10.1. The number of ether oxygens (including phenoxy) is 1. The number of carboxylic acid groups (broad SMARTS) is 1. The quantitative estimate of drug-likeness (QED) is 0.607. The number of amides is 1. The Balaban J connectivity index is 1.34. The molecule has 1 unspecified atom stereocenters. The third kappa shape index (κ3) is 5.87. The molecule has 0 bridgehead atoms. The van der Waals surface area contributed by atoms with Crippen LogP contribution in [0.25, 0.3) is 5.57 Å². The van der Waals surface area contributed by atoms with Crippen molar-refractivity contribution in [2.24, 2.45) is 5.41 Å². The monoisotopic (exact) mass is 505 g/mol. The van der Waals surface area contributed by atoms with E-state index in [1.807, 2.05) is 43.5 Å². The van der Waals surface area contributed by atoms with Gasteiger partial charge in [-0.05, 0) is 56.8 Å². The first-order chi connectivity index (χ1) is 16.7. The second-order valence-corrected chi connectivity index (χ2v) is 11.9. The van der Waals surface area contributed by atoms with Gasteiger partial charge in [0.1, 0.15) is 6.61 Å². The van der Waals surface area contributed by atoms with Gasteiger partial charge in [0.15, 0.2) is 0 Å². The summed E-state index contributed by atoms with van der Waals surface area (Å²) in [4.78, 5) is 28.4. The number of aliphatic carboxylic acids is 1. The number of hydrogen-bond acceptors (Lipinski definition) is 6. The Bertz CT molecular complexity index is 1050. The van der Waals surface area contributed by atoms with Crippen molar-refractivity contribution in [2.75, 3.05) is 52.1 Å². The van der Waals surface area contributed by atoms with Gasteiger partial charge in [-0.1, -0.05) is 36.4 Å². The Hall–Kier alpha value is -2.43. The third-order valence-electron chi connectivity index (χ3n) is 7.67. The van der Waals surface area contributed by atoms with E-state index in [1.165, 1.54) is 9.21 Å². The minimum atomic E-state index is -3.79. The van der Waals surface area contributed by atoms with Gasteiger partial charge in [0.2, 0.25) is 10.0 Å². The van der Waals surface area contributed by atoms with Crippen molar-refractivity contribution in [3.8, 4) is 0 Å². The van der Waals surface area contributed by atoms with Crippen molar-refractivity contribution in [3.05, 3.63) is 42.0 Å². The van der Waals surface area contributed by atoms with Crippen LogP contribution < -0.4 is 0 Å². The van der Waals surface area contributed by atoms with E-state index in [1.54, 1.807) is 0 Å². The van der Waals surface area contributed by atoms with Crippen molar-refractivity contribution in [2.45, 2.75) is 38.1 Å². The lowest BCUT2D eigenvalue weighted by Gasteiger charge is -2.39. The van der Waals surface area contributed by atoms with E-state index < -0.39 is 33.3 Å². The average Bonchev–Trinajstić information content (AvgIpc) is 3.28. The molecule has 2 fully saturated rings. The Kier molecular flexibility index (Phi) is 7.83. The van der Waals surface area contributed by atoms with Gasteiger partial charge >= 0.3 is 12.1 Å². The zero-order valence-electron chi connectivity index (χ0n) is 20.3. The first-order valence-corrected chi connectivity index (χ1v) is 13.9. The summed E-state index contributed by atoms with van der Waals surface area (Å²) in [6.45, 7) is 2.20. The highest BCUT2D eigenvalue weighted by atomic mass is 32.2. The predicted molar refractivity (Wildman–Crippen MR) is 132 cm³/mol. The number of likely N-dealkylation sites (tertiary alicyclic amines) is 2. The van der Waals surface area contributed by atoms with Crippen LogP contribution in [-0.2, 0) is 19.6 Å². The van der Waals surface area contributed by atoms with Gasteiger partial charge in [0, 0.05) is 32.2 Å². The molecule has 1 amide bonds. The Labute approximate surface area is 207 Å². The fraction of sp³-hybridized carbons (Fsp3) is 0.600. The van der Waals surface area contributed by atoms with Crippen LogP contribution in [0.15, 0.2) is 36.4 Å². The van der Waals surface area contributed by atoms with E-state index in [0.29, 0.717) is 19.6 Å². The summed E-state index contributed by atoms with van der Waals surface area (Å²) in [6.07, 6.45) is 4.27. The van der Waals surface area contributed by atoms with Crippen LogP contribution in [0.1, 0.15) is 37.7 Å².